The van der Waals surface area contributed by atoms with Crippen LogP contribution in [0.3, 0.4) is 0 Å². The summed E-state index contributed by atoms with van der Waals surface area (Å²) in [5, 5.41) is 3.58. The van der Waals surface area contributed by atoms with Crippen molar-refractivity contribution in [1.29, 1.82) is 0 Å². The average Bonchev–Trinajstić information content (AvgIpc) is 2.70. The third kappa shape index (κ3) is 6.32. The summed E-state index contributed by atoms with van der Waals surface area (Å²) in [5.41, 5.74) is 2.06. The van der Waals surface area contributed by atoms with Gasteiger partial charge in [-0.05, 0) is 61.7 Å². The van der Waals surface area contributed by atoms with Crippen molar-refractivity contribution in [1.82, 2.24) is 10.0 Å². The fourth-order valence-corrected chi connectivity index (χ4v) is 3.22. The molecule has 2 aromatic rings. The summed E-state index contributed by atoms with van der Waals surface area (Å²) in [6.45, 7) is 8.37. The van der Waals surface area contributed by atoms with E-state index < -0.39 is 0 Å². The highest BCUT2D eigenvalue weighted by Gasteiger charge is 2.25. The smallest absolute Gasteiger partial charge is 0.272 e. The van der Waals surface area contributed by atoms with Gasteiger partial charge in [-0.25, -0.2) is 5.01 Å². The first-order valence-electron chi connectivity index (χ1n) is 9.74. The Morgan fingerprint density at radius 3 is 2.17 bits per heavy atom. The molecule has 5 nitrogen and oxygen atoms in total. The van der Waals surface area contributed by atoms with Gasteiger partial charge >= 0.3 is 0 Å². The maximum Gasteiger partial charge on any atom is 0.272 e. The number of alkyl halides is 1. The first kappa shape index (κ1) is 22.9. The minimum absolute atomic E-state index is 0.0630. The Morgan fingerprint density at radius 1 is 0.966 bits per heavy atom. The maximum atomic E-state index is 13.2. The summed E-state index contributed by atoms with van der Waals surface area (Å²) >= 11 is 3.41. The van der Waals surface area contributed by atoms with Gasteiger partial charge in [-0.2, -0.15) is 0 Å². The fraction of sp³-hybridized carbons (Fsp3) is 0.391. The molecule has 0 unspecified atom stereocenters. The van der Waals surface area contributed by atoms with Gasteiger partial charge in [0.2, 0.25) is 0 Å². The van der Waals surface area contributed by atoms with Gasteiger partial charge < -0.3 is 4.74 Å². The van der Waals surface area contributed by atoms with Crippen molar-refractivity contribution < 1.29 is 14.3 Å². The van der Waals surface area contributed by atoms with Crippen LogP contribution in [-0.4, -0.2) is 41.5 Å². The largest absolute Gasteiger partial charge is 0.491 e. The summed E-state index contributed by atoms with van der Waals surface area (Å²) in [7, 11) is 1.64. The third-order valence-electron chi connectivity index (χ3n) is 4.23. The van der Waals surface area contributed by atoms with Crippen molar-refractivity contribution in [3.8, 4) is 5.75 Å². The molecule has 0 radical (unpaired) electrons. The highest BCUT2D eigenvalue weighted by atomic mass is 79.9. The number of benzene rings is 2. The van der Waals surface area contributed by atoms with Gasteiger partial charge in [0.05, 0.1) is 6.10 Å². The van der Waals surface area contributed by atoms with Gasteiger partial charge in [0.15, 0.2) is 0 Å². The normalized spacial score (nSPS) is 10.9. The lowest BCUT2D eigenvalue weighted by Gasteiger charge is -2.33. The highest BCUT2D eigenvalue weighted by molar-refractivity contribution is 9.08. The third-order valence-corrected chi connectivity index (χ3v) is 4.88. The zero-order chi connectivity index (χ0) is 21.6. The van der Waals surface area contributed by atoms with Crippen LogP contribution in [0.4, 0.5) is 0 Å². The van der Waals surface area contributed by atoms with Crippen LogP contribution >= 0.6 is 15.9 Å². The summed E-state index contributed by atoms with van der Waals surface area (Å²) in [6, 6.07) is 14.4. The van der Waals surface area contributed by atoms with Gasteiger partial charge in [0, 0.05) is 30.0 Å². The predicted molar refractivity (Wildman–Crippen MR) is 119 cm³/mol. The number of hydrogen-bond donors (Lipinski definition) is 0. The second-order valence-corrected chi connectivity index (χ2v) is 8.20. The molecule has 0 heterocycles. The fourth-order valence-electron chi connectivity index (χ4n) is 2.87. The van der Waals surface area contributed by atoms with Crippen LogP contribution < -0.4 is 4.74 Å². The van der Waals surface area contributed by atoms with Gasteiger partial charge in [-0.1, -0.05) is 41.9 Å². The van der Waals surface area contributed by atoms with E-state index in [2.05, 4.69) is 15.9 Å². The maximum absolute atomic E-state index is 13.2. The van der Waals surface area contributed by atoms with E-state index in [9.17, 15) is 9.59 Å². The minimum atomic E-state index is -0.221. The molecule has 0 atom stereocenters. The SMILES string of the molecule is CC(C)CN(C(=O)c1ccc(OC(C)C)cc1)N(C)C(=O)c1cccc(CBr)c1. The predicted octanol–water partition coefficient (Wildman–Crippen LogP) is 5.15. The number of ether oxygens (including phenoxy) is 1. The Kier molecular flexibility index (Phi) is 8.26. The van der Waals surface area contributed by atoms with E-state index >= 15 is 0 Å². The number of rotatable bonds is 7. The van der Waals surface area contributed by atoms with Gasteiger partial charge in [0.1, 0.15) is 5.75 Å². The van der Waals surface area contributed by atoms with Crippen LogP contribution in [0.1, 0.15) is 54.0 Å². The van der Waals surface area contributed by atoms with Crippen molar-refractivity contribution in [2.45, 2.75) is 39.1 Å². The number of halogens is 1. The molecule has 6 heteroatoms. The Hall–Kier alpha value is -2.34. The van der Waals surface area contributed by atoms with Gasteiger partial charge in [0.25, 0.3) is 11.8 Å². The zero-order valence-corrected chi connectivity index (χ0v) is 19.3. The molecule has 2 rings (SSSR count). The van der Waals surface area contributed by atoms with Crippen LogP contribution in [0, 0.1) is 5.92 Å². The molecule has 0 saturated carbocycles. The number of nitrogens with zero attached hydrogens (tertiary/aromatic N) is 2. The molecule has 0 aliphatic rings. The molecule has 0 aromatic heterocycles. The molecule has 29 heavy (non-hydrogen) atoms. The number of hydrogen-bond acceptors (Lipinski definition) is 3. The van der Waals surface area contributed by atoms with E-state index in [1.165, 1.54) is 10.0 Å². The van der Waals surface area contributed by atoms with Crippen LogP contribution in [0.15, 0.2) is 48.5 Å². The lowest BCUT2D eigenvalue weighted by Crippen LogP contribution is -2.49. The van der Waals surface area contributed by atoms with E-state index in [1.807, 2.05) is 45.9 Å². The first-order chi connectivity index (χ1) is 13.7. The minimum Gasteiger partial charge on any atom is -0.491 e. The van der Waals surface area contributed by atoms with Crippen molar-refractivity contribution in [2.24, 2.45) is 5.92 Å². The Bertz CT molecular complexity index is 834. The van der Waals surface area contributed by atoms with E-state index in [-0.39, 0.29) is 23.8 Å². The van der Waals surface area contributed by atoms with Gasteiger partial charge in [-0.3, -0.25) is 14.6 Å². The lowest BCUT2D eigenvalue weighted by atomic mass is 10.1. The average molecular weight is 461 g/mol. The quantitative estimate of drug-likeness (QED) is 0.423. The number of amides is 2. The molecule has 0 fully saturated rings. The molecule has 156 valence electrons. The van der Waals surface area contributed by atoms with Crippen molar-refractivity contribution in [2.75, 3.05) is 13.6 Å². The van der Waals surface area contributed by atoms with Crippen LogP contribution in [0.2, 0.25) is 0 Å². The Labute approximate surface area is 181 Å². The number of carbonyl (C=O) groups is 2. The molecule has 2 aromatic carbocycles. The molecular formula is C23H29BrN2O3. The summed E-state index contributed by atoms with van der Waals surface area (Å²) < 4.78 is 5.65. The van der Waals surface area contributed by atoms with E-state index in [0.29, 0.717) is 28.8 Å². The Morgan fingerprint density at radius 2 is 1.62 bits per heavy atom. The monoisotopic (exact) mass is 460 g/mol. The van der Waals surface area contributed by atoms with Crippen molar-refractivity contribution in [3.05, 3.63) is 65.2 Å². The summed E-state index contributed by atoms with van der Waals surface area (Å²) in [5.74, 6) is 0.471. The van der Waals surface area contributed by atoms with E-state index in [0.717, 1.165) is 5.56 Å². The van der Waals surface area contributed by atoms with Crippen LogP contribution in [0.25, 0.3) is 0 Å². The van der Waals surface area contributed by atoms with Crippen LogP contribution in [0.5, 0.6) is 5.75 Å². The number of carbonyl (C=O) groups excluding carboxylic acids is 2. The van der Waals surface area contributed by atoms with Crippen molar-refractivity contribution in [3.63, 3.8) is 0 Å². The molecular weight excluding hydrogens is 432 g/mol. The van der Waals surface area contributed by atoms with Gasteiger partial charge in [-0.15, -0.1) is 0 Å². The summed E-state index contributed by atoms with van der Waals surface area (Å²) in [4.78, 5) is 26.2. The molecule has 0 bridgehead atoms. The molecule has 0 N–H and O–H groups in total. The molecule has 0 spiro atoms. The zero-order valence-electron chi connectivity index (χ0n) is 17.7. The standard InChI is InChI=1S/C23H29BrN2O3/c1-16(2)15-26(23(28)19-9-11-21(12-10-19)29-17(3)4)25(5)22(27)20-8-6-7-18(13-20)14-24/h6-13,16-17H,14-15H2,1-5H3. The first-order valence-corrected chi connectivity index (χ1v) is 10.9. The van der Waals surface area contributed by atoms with E-state index in [4.69, 9.17) is 4.74 Å². The molecule has 0 aliphatic heterocycles. The molecule has 0 saturated heterocycles. The second-order valence-electron chi connectivity index (χ2n) is 7.63. The second kappa shape index (κ2) is 10.4. The number of hydrazine groups is 1. The Balaban J connectivity index is 2.27. The lowest BCUT2D eigenvalue weighted by molar-refractivity contribution is 0.00342. The highest BCUT2D eigenvalue weighted by Crippen LogP contribution is 2.18. The van der Waals surface area contributed by atoms with E-state index in [1.54, 1.807) is 37.4 Å². The molecule has 0 aliphatic carbocycles. The molecule has 2 amide bonds. The summed E-state index contributed by atoms with van der Waals surface area (Å²) in [6.07, 6.45) is 0.0630. The topological polar surface area (TPSA) is 49.9 Å². The van der Waals surface area contributed by atoms with Crippen molar-refractivity contribution >= 4 is 27.7 Å². The van der Waals surface area contributed by atoms with Crippen LogP contribution in [-0.2, 0) is 5.33 Å².